The van der Waals surface area contributed by atoms with Crippen LogP contribution in [0.25, 0.3) is 22.3 Å². The van der Waals surface area contributed by atoms with Gasteiger partial charge in [-0.2, -0.15) is 0 Å². The minimum atomic E-state index is -0.415. The summed E-state index contributed by atoms with van der Waals surface area (Å²) in [5.74, 6) is 0.865. The Hall–Kier alpha value is -3.94. The van der Waals surface area contributed by atoms with E-state index in [4.69, 9.17) is 9.47 Å². The highest BCUT2D eigenvalue weighted by Gasteiger charge is 2.24. The molecule has 0 saturated heterocycles. The van der Waals surface area contributed by atoms with Crippen LogP contribution in [0, 0.1) is 20.2 Å². The van der Waals surface area contributed by atoms with Crippen LogP contribution >= 0.6 is 0 Å². The van der Waals surface area contributed by atoms with Crippen molar-refractivity contribution in [3.63, 3.8) is 0 Å². The Morgan fingerprint density at radius 3 is 1.34 bits per heavy atom. The number of benzene rings is 3. The van der Waals surface area contributed by atoms with Crippen molar-refractivity contribution in [1.29, 1.82) is 0 Å². The SMILES string of the molecule is CCCCCCOc1cc(-c2ccccc2[N+](=O)[O-])c(OCCCCCC)cc1-c1ccccc1[N+](=O)[O-]. The van der Waals surface area contributed by atoms with Gasteiger partial charge in [-0.3, -0.25) is 20.2 Å². The number of nitrogens with zero attached hydrogens (tertiary/aromatic N) is 2. The molecule has 0 saturated carbocycles. The maximum atomic E-state index is 11.9. The summed E-state index contributed by atoms with van der Waals surface area (Å²) in [6.07, 6.45) is 8.04. The molecule has 0 aliphatic heterocycles. The molecule has 0 aromatic heterocycles. The van der Waals surface area contributed by atoms with Gasteiger partial charge in [0.15, 0.2) is 0 Å². The first-order valence-corrected chi connectivity index (χ1v) is 13.4. The average Bonchev–Trinajstić information content (AvgIpc) is 2.93. The highest BCUT2D eigenvalue weighted by Crippen LogP contribution is 2.45. The Kier molecular flexibility index (Phi) is 11.1. The Labute approximate surface area is 223 Å². The van der Waals surface area contributed by atoms with Crippen LogP contribution < -0.4 is 9.47 Å². The molecule has 8 nitrogen and oxygen atoms in total. The van der Waals surface area contributed by atoms with Crippen molar-refractivity contribution in [1.82, 2.24) is 0 Å². The Morgan fingerprint density at radius 1 is 0.579 bits per heavy atom. The summed E-state index contributed by atoms with van der Waals surface area (Å²) < 4.78 is 12.4. The van der Waals surface area contributed by atoms with Gasteiger partial charge >= 0.3 is 0 Å². The van der Waals surface area contributed by atoms with E-state index < -0.39 is 9.85 Å². The molecular formula is C30H36N2O6. The summed E-state index contributed by atoms with van der Waals surface area (Å²) in [7, 11) is 0. The van der Waals surface area contributed by atoms with Gasteiger partial charge in [-0.25, -0.2) is 0 Å². The van der Waals surface area contributed by atoms with Crippen molar-refractivity contribution in [2.45, 2.75) is 65.2 Å². The lowest BCUT2D eigenvalue weighted by atomic mass is 9.96. The van der Waals surface area contributed by atoms with Gasteiger partial charge in [0.2, 0.25) is 0 Å². The maximum Gasteiger partial charge on any atom is 0.277 e. The maximum absolute atomic E-state index is 11.9. The standard InChI is InChI=1S/C30H36N2O6/c1-3-5-7-13-19-37-29-21-26(24-16-10-12-18-28(24)32(35)36)30(38-20-14-8-6-4-2)22-25(29)23-15-9-11-17-27(23)31(33)34/h9-12,15-18,21-22H,3-8,13-14,19-20H2,1-2H3. The summed E-state index contributed by atoms with van der Waals surface area (Å²) in [6, 6.07) is 16.5. The molecular weight excluding hydrogens is 484 g/mol. The Bertz CT molecular complexity index is 1130. The van der Waals surface area contributed by atoms with Crippen molar-refractivity contribution in [3.8, 4) is 33.8 Å². The lowest BCUT2D eigenvalue weighted by molar-refractivity contribution is -0.384. The number of para-hydroxylation sites is 2. The molecule has 8 heteroatoms. The van der Waals surface area contributed by atoms with Gasteiger partial charge in [0.05, 0.1) is 34.2 Å². The van der Waals surface area contributed by atoms with Crippen LogP contribution in [0.1, 0.15) is 65.2 Å². The van der Waals surface area contributed by atoms with E-state index in [1.165, 1.54) is 12.1 Å². The zero-order valence-electron chi connectivity index (χ0n) is 22.2. The molecule has 0 atom stereocenters. The van der Waals surface area contributed by atoms with Crippen LogP contribution in [0.2, 0.25) is 0 Å². The normalized spacial score (nSPS) is 10.8. The van der Waals surface area contributed by atoms with E-state index in [-0.39, 0.29) is 11.4 Å². The molecule has 0 unspecified atom stereocenters. The lowest BCUT2D eigenvalue weighted by Crippen LogP contribution is -2.04. The van der Waals surface area contributed by atoms with E-state index in [1.54, 1.807) is 48.5 Å². The van der Waals surface area contributed by atoms with Gasteiger partial charge in [-0.05, 0) is 37.1 Å². The first-order valence-electron chi connectivity index (χ1n) is 13.4. The molecule has 202 valence electrons. The number of nitro groups is 2. The second kappa shape index (κ2) is 14.7. The van der Waals surface area contributed by atoms with Gasteiger partial charge in [-0.1, -0.05) is 76.6 Å². The first kappa shape index (κ1) is 28.6. The van der Waals surface area contributed by atoms with E-state index >= 15 is 0 Å². The van der Waals surface area contributed by atoms with Crippen LogP contribution in [0.3, 0.4) is 0 Å². The quantitative estimate of drug-likeness (QED) is 0.106. The molecule has 0 heterocycles. The zero-order chi connectivity index (χ0) is 27.3. The van der Waals surface area contributed by atoms with Crippen LogP contribution in [0.5, 0.6) is 11.5 Å². The average molecular weight is 521 g/mol. The van der Waals surface area contributed by atoms with Crippen molar-refractivity contribution in [3.05, 3.63) is 80.9 Å². The topological polar surface area (TPSA) is 105 Å². The summed E-state index contributed by atoms with van der Waals surface area (Å²) >= 11 is 0. The van der Waals surface area contributed by atoms with Gasteiger partial charge < -0.3 is 9.47 Å². The van der Waals surface area contributed by atoms with E-state index in [0.29, 0.717) is 47.0 Å². The number of hydrogen-bond donors (Lipinski definition) is 0. The fraction of sp³-hybridized carbons (Fsp3) is 0.400. The molecule has 0 spiro atoms. The zero-order valence-corrected chi connectivity index (χ0v) is 22.2. The summed E-state index contributed by atoms with van der Waals surface area (Å²) in [6.45, 7) is 5.13. The van der Waals surface area contributed by atoms with Crippen LogP contribution in [-0.2, 0) is 0 Å². The molecule has 0 radical (unpaired) electrons. The largest absolute Gasteiger partial charge is 0.493 e. The predicted molar refractivity (Wildman–Crippen MR) is 150 cm³/mol. The Balaban J connectivity index is 2.15. The number of rotatable bonds is 16. The van der Waals surface area contributed by atoms with Crippen molar-refractivity contribution >= 4 is 11.4 Å². The summed E-state index contributed by atoms with van der Waals surface area (Å²) in [5, 5.41) is 23.7. The third-order valence-corrected chi connectivity index (χ3v) is 6.37. The van der Waals surface area contributed by atoms with Gasteiger partial charge in [0.1, 0.15) is 11.5 Å². The van der Waals surface area contributed by atoms with Gasteiger partial charge in [-0.15, -0.1) is 0 Å². The molecule has 3 aromatic carbocycles. The molecule has 0 aliphatic carbocycles. The molecule has 3 rings (SSSR count). The van der Waals surface area contributed by atoms with E-state index in [0.717, 1.165) is 51.4 Å². The van der Waals surface area contributed by atoms with Crippen molar-refractivity contribution < 1.29 is 19.3 Å². The molecule has 0 N–H and O–H groups in total. The second-order valence-electron chi connectivity index (χ2n) is 9.21. The molecule has 0 aliphatic rings. The fourth-order valence-electron chi connectivity index (χ4n) is 4.36. The second-order valence-corrected chi connectivity index (χ2v) is 9.21. The summed E-state index contributed by atoms with van der Waals surface area (Å²) in [5.41, 5.74) is 1.78. The number of ether oxygens (including phenoxy) is 2. The third-order valence-electron chi connectivity index (χ3n) is 6.37. The Morgan fingerprint density at radius 2 is 0.974 bits per heavy atom. The van der Waals surface area contributed by atoms with Crippen LogP contribution in [0.15, 0.2) is 60.7 Å². The first-order chi connectivity index (χ1) is 18.5. The van der Waals surface area contributed by atoms with E-state index in [9.17, 15) is 20.2 Å². The van der Waals surface area contributed by atoms with E-state index in [2.05, 4.69) is 13.8 Å². The van der Waals surface area contributed by atoms with E-state index in [1.807, 2.05) is 0 Å². The number of unbranched alkanes of at least 4 members (excludes halogenated alkanes) is 6. The molecule has 0 amide bonds. The molecule has 0 fully saturated rings. The summed E-state index contributed by atoms with van der Waals surface area (Å²) in [4.78, 5) is 22.9. The molecule has 3 aromatic rings. The van der Waals surface area contributed by atoms with Crippen molar-refractivity contribution in [2.75, 3.05) is 13.2 Å². The monoisotopic (exact) mass is 520 g/mol. The van der Waals surface area contributed by atoms with Crippen molar-refractivity contribution in [2.24, 2.45) is 0 Å². The number of nitro benzene ring substituents is 2. The highest BCUT2D eigenvalue weighted by molar-refractivity contribution is 5.87. The number of hydrogen-bond acceptors (Lipinski definition) is 6. The molecule has 38 heavy (non-hydrogen) atoms. The predicted octanol–water partition coefficient (Wildman–Crippen LogP) is 8.76. The highest BCUT2D eigenvalue weighted by atomic mass is 16.6. The molecule has 0 bridgehead atoms. The minimum absolute atomic E-state index is 0.0457. The lowest BCUT2D eigenvalue weighted by Gasteiger charge is -2.18. The fourth-order valence-corrected chi connectivity index (χ4v) is 4.36. The third kappa shape index (κ3) is 7.54. The van der Waals surface area contributed by atoms with Crippen LogP contribution in [0.4, 0.5) is 11.4 Å². The minimum Gasteiger partial charge on any atom is -0.493 e. The van der Waals surface area contributed by atoms with Gasteiger partial charge in [0.25, 0.3) is 11.4 Å². The van der Waals surface area contributed by atoms with Crippen LogP contribution in [-0.4, -0.2) is 23.1 Å². The smallest absolute Gasteiger partial charge is 0.277 e. The van der Waals surface area contributed by atoms with Gasteiger partial charge in [0, 0.05) is 23.3 Å².